The first-order valence-electron chi connectivity index (χ1n) is 9.54. The number of nitrogens with zero attached hydrogens (tertiary/aromatic N) is 3. The van der Waals surface area contributed by atoms with Gasteiger partial charge in [0.15, 0.2) is 5.82 Å². The molecule has 2 aromatic rings. The molecule has 1 fully saturated rings. The molecule has 0 aliphatic carbocycles. The fourth-order valence-electron chi connectivity index (χ4n) is 3.45. The third-order valence-corrected chi connectivity index (χ3v) is 4.93. The second kappa shape index (κ2) is 9.41. The monoisotopic (exact) mass is 382 g/mol. The van der Waals surface area contributed by atoms with Crippen molar-refractivity contribution in [1.29, 1.82) is 0 Å². The molecule has 1 saturated heterocycles. The number of carbonyl (C=O) groups excluding carboxylic acids is 2. The molecule has 1 aliphatic heterocycles. The van der Waals surface area contributed by atoms with Crippen LogP contribution in [0, 0.1) is 6.92 Å². The fraction of sp³-hybridized carbons (Fsp3) is 0.429. The molecular weight excluding hydrogens is 356 g/mol. The van der Waals surface area contributed by atoms with Gasteiger partial charge in [-0.3, -0.25) is 9.59 Å². The number of amides is 2. The van der Waals surface area contributed by atoms with Gasteiger partial charge >= 0.3 is 0 Å². The summed E-state index contributed by atoms with van der Waals surface area (Å²) in [5.74, 6) is 0.322. The average Bonchev–Trinajstić information content (AvgIpc) is 2.73. The number of hydrogen-bond donors (Lipinski definition) is 1. The Labute approximate surface area is 165 Å². The number of aromatic nitrogens is 2. The van der Waals surface area contributed by atoms with Crippen LogP contribution < -0.4 is 5.32 Å². The molecule has 2 amide bonds. The van der Waals surface area contributed by atoms with Gasteiger partial charge in [-0.1, -0.05) is 30.3 Å². The van der Waals surface area contributed by atoms with Gasteiger partial charge in [0.1, 0.15) is 6.61 Å². The largest absolute Gasteiger partial charge is 0.375 e. The Hall–Kier alpha value is -2.80. The lowest BCUT2D eigenvalue weighted by molar-refractivity contribution is -0.139. The number of methoxy groups -OCH3 is 1. The van der Waals surface area contributed by atoms with Crippen LogP contribution in [0.2, 0.25) is 0 Å². The first-order chi connectivity index (χ1) is 13.6. The molecule has 148 valence electrons. The quantitative estimate of drug-likeness (QED) is 0.829. The summed E-state index contributed by atoms with van der Waals surface area (Å²) < 4.78 is 4.99. The number of likely N-dealkylation sites (tertiary alicyclic amines) is 1. The van der Waals surface area contributed by atoms with E-state index in [0.29, 0.717) is 30.2 Å². The first-order valence-corrected chi connectivity index (χ1v) is 9.54. The van der Waals surface area contributed by atoms with E-state index in [0.717, 1.165) is 24.8 Å². The molecule has 1 aromatic carbocycles. The Morgan fingerprint density at radius 1 is 1.25 bits per heavy atom. The summed E-state index contributed by atoms with van der Waals surface area (Å²) in [4.78, 5) is 35.6. The van der Waals surface area contributed by atoms with Crippen molar-refractivity contribution >= 4 is 11.8 Å². The molecule has 2 heterocycles. The van der Waals surface area contributed by atoms with E-state index in [1.54, 1.807) is 18.0 Å². The molecule has 0 bridgehead atoms. The van der Waals surface area contributed by atoms with Crippen LogP contribution in [0.5, 0.6) is 0 Å². The highest BCUT2D eigenvalue weighted by molar-refractivity contribution is 5.94. The zero-order valence-electron chi connectivity index (χ0n) is 16.4. The minimum Gasteiger partial charge on any atom is -0.375 e. The van der Waals surface area contributed by atoms with Crippen molar-refractivity contribution < 1.29 is 14.3 Å². The van der Waals surface area contributed by atoms with Crippen LogP contribution in [0.25, 0.3) is 0 Å². The van der Waals surface area contributed by atoms with Crippen molar-refractivity contribution in [2.75, 3.05) is 20.3 Å². The van der Waals surface area contributed by atoms with Crippen molar-refractivity contribution in [3.8, 4) is 0 Å². The second-order valence-electron chi connectivity index (χ2n) is 6.93. The van der Waals surface area contributed by atoms with Crippen LogP contribution in [-0.2, 0) is 16.1 Å². The highest BCUT2D eigenvalue weighted by atomic mass is 16.5. The number of piperidine rings is 1. The minimum absolute atomic E-state index is 0.0510. The van der Waals surface area contributed by atoms with Crippen LogP contribution in [0.1, 0.15) is 52.7 Å². The van der Waals surface area contributed by atoms with Crippen LogP contribution >= 0.6 is 0 Å². The van der Waals surface area contributed by atoms with E-state index in [2.05, 4.69) is 15.3 Å². The van der Waals surface area contributed by atoms with Crippen molar-refractivity contribution in [2.45, 2.75) is 38.8 Å². The number of ether oxygens (including phenoxy) is 1. The molecule has 1 aliphatic rings. The van der Waals surface area contributed by atoms with Gasteiger partial charge in [0, 0.05) is 26.4 Å². The van der Waals surface area contributed by atoms with Gasteiger partial charge < -0.3 is 15.0 Å². The highest BCUT2D eigenvalue weighted by Crippen LogP contribution is 2.29. The highest BCUT2D eigenvalue weighted by Gasteiger charge is 2.30. The lowest BCUT2D eigenvalue weighted by Crippen LogP contribution is -2.41. The molecule has 7 heteroatoms. The maximum Gasteiger partial charge on any atom is 0.254 e. The maximum absolute atomic E-state index is 12.5. The Morgan fingerprint density at radius 2 is 2.04 bits per heavy atom. The van der Waals surface area contributed by atoms with Gasteiger partial charge in [0.05, 0.1) is 17.3 Å². The Morgan fingerprint density at radius 3 is 2.75 bits per heavy atom. The molecule has 0 saturated carbocycles. The summed E-state index contributed by atoms with van der Waals surface area (Å²) in [5.41, 5.74) is 2.09. The van der Waals surface area contributed by atoms with Gasteiger partial charge in [0.2, 0.25) is 5.91 Å². The van der Waals surface area contributed by atoms with Gasteiger partial charge in [-0.15, -0.1) is 0 Å². The molecular formula is C21H26N4O3. The number of aryl methyl sites for hydroxylation is 1. The minimum atomic E-state index is -0.205. The number of benzene rings is 1. The zero-order chi connectivity index (χ0) is 19.9. The molecule has 1 aromatic heterocycles. The smallest absolute Gasteiger partial charge is 0.254 e. The number of carbonyl (C=O) groups is 2. The van der Waals surface area contributed by atoms with Crippen molar-refractivity contribution in [2.24, 2.45) is 0 Å². The van der Waals surface area contributed by atoms with Crippen LogP contribution in [0.4, 0.5) is 0 Å². The van der Waals surface area contributed by atoms with E-state index >= 15 is 0 Å². The molecule has 7 nitrogen and oxygen atoms in total. The summed E-state index contributed by atoms with van der Waals surface area (Å²) in [5, 5.41) is 2.90. The van der Waals surface area contributed by atoms with Crippen molar-refractivity contribution in [3.63, 3.8) is 0 Å². The molecule has 28 heavy (non-hydrogen) atoms. The number of hydrogen-bond acceptors (Lipinski definition) is 5. The first kappa shape index (κ1) is 19.9. The van der Waals surface area contributed by atoms with Crippen molar-refractivity contribution in [3.05, 3.63) is 59.2 Å². The van der Waals surface area contributed by atoms with Gasteiger partial charge in [-0.2, -0.15) is 0 Å². The normalized spacial score (nSPS) is 16.6. The van der Waals surface area contributed by atoms with Crippen LogP contribution in [0.15, 0.2) is 36.5 Å². The molecule has 0 radical (unpaired) electrons. The summed E-state index contributed by atoms with van der Waals surface area (Å²) in [6, 6.07) is 9.56. The Bertz CT molecular complexity index is 826. The topological polar surface area (TPSA) is 84.4 Å². The number of rotatable bonds is 6. The van der Waals surface area contributed by atoms with Crippen LogP contribution in [0.3, 0.4) is 0 Å². The Kier molecular flexibility index (Phi) is 6.71. The van der Waals surface area contributed by atoms with E-state index in [1.165, 1.54) is 7.11 Å². The molecule has 1 atom stereocenters. The van der Waals surface area contributed by atoms with Crippen molar-refractivity contribution in [1.82, 2.24) is 20.2 Å². The predicted octanol–water partition coefficient (Wildman–Crippen LogP) is 2.42. The Balaban J connectivity index is 1.72. The average molecular weight is 382 g/mol. The fourth-order valence-corrected chi connectivity index (χ4v) is 3.45. The molecule has 0 spiro atoms. The second-order valence-corrected chi connectivity index (χ2v) is 6.93. The van der Waals surface area contributed by atoms with Gasteiger partial charge in [-0.25, -0.2) is 9.97 Å². The van der Waals surface area contributed by atoms with E-state index < -0.39 is 0 Å². The zero-order valence-corrected chi connectivity index (χ0v) is 16.4. The summed E-state index contributed by atoms with van der Waals surface area (Å²) >= 11 is 0. The third-order valence-electron chi connectivity index (χ3n) is 4.93. The predicted molar refractivity (Wildman–Crippen MR) is 105 cm³/mol. The maximum atomic E-state index is 12.5. The van der Waals surface area contributed by atoms with Gasteiger partial charge in [0.25, 0.3) is 5.91 Å². The SMILES string of the molecule is COCC(=O)N1CCCC[C@H]1c1ncc(C(=O)NCc2ccccc2)c(C)n1. The van der Waals surface area contributed by atoms with E-state index in [1.807, 2.05) is 30.3 Å². The third kappa shape index (κ3) is 4.72. The lowest BCUT2D eigenvalue weighted by atomic mass is 10.0. The molecule has 3 rings (SSSR count). The molecule has 1 N–H and O–H groups in total. The summed E-state index contributed by atoms with van der Waals surface area (Å²) in [6.07, 6.45) is 4.36. The van der Waals surface area contributed by atoms with E-state index in [4.69, 9.17) is 4.74 Å². The van der Waals surface area contributed by atoms with Crippen LogP contribution in [-0.4, -0.2) is 46.9 Å². The van der Waals surface area contributed by atoms with Gasteiger partial charge in [-0.05, 0) is 31.7 Å². The molecule has 0 unspecified atom stereocenters. The summed E-state index contributed by atoms with van der Waals surface area (Å²) in [6.45, 7) is 2.97. The number of nitrogens with one attached hydrogen (secondary N) is 1. The standard InChI is InChI=1S/C21H26N4O3/c1-15-17(21(27)23-12-16-8-4-3-5-9-16)13-22-20(24-15)18-10-6-7-11-25(18)19(26)14-28-2/h3-5,8-9,13,18H,6-7,10-12,14H2,1-2H3,(H,23,27)/t18-/m0/s1. The lowest BCUT2D eigenvalue weighted by Gasteiger charge is -2.34. The summed E-state index contributed by atoms with van der Waals surface area (Å²) in [7, 11) is 1.51. The van der Waals surface area contributed by atoms with E-state index in [9.17, 15) is 9.59 Å². The van der Waals surface area contributed by atoms with E-state index in [-0.39, 0.29) is 24.5 Å².